The monoisotopic (exact) mass is 586 g/mol. The Balaban J connectivity index is 0.000000201. The first-order chi connectivity index (χ1) is 19.8. The molecule has 2 aromatic rings. The topological polar surface area (TPSA) is 162 Å². The van der Waals surface area contributed by atoms with Crippen molar-refractivity contribution >= 4 is 37.3 Å². The van der Waals surface area contributed by atoms with Crippen LogP contribution in [0.3, 0.4) is 0 Å². The van der Waals surface area contributed by atoms with Gasteiger partial charge in [0.25, 0.3) is 0 Å². The standard InChI is InChI=1S/C16H23BN2O5.C10H13BN2O5/c1-15(2)16(3,4)24-17(23-15)12-8-11(13(21-5)18-9-12)10-19-6-7-22-14(19)20;1-17-9-7(4-8(5-12-9)11(15)16)6-13-2-3-18-10(13)14/h8-9H,6-7,10H2,1-5H3;4-5,15-16H,2-3,6H2,1H3. The molecule has 16 heteroatoms. The van der Waals surface area contributed by atoms with Gasteiger partial charge in [0.05, 0.1) is 51.6 Å². The molecule has 2 amide bonds. The van der Waals surface area contributed by atoms with Crippen LogP contribution in [-0.4, -0.2) is 108 Å². The zero-order chi connectivity index (χ0) is 30.7. The molecule has 3 saturated heterocycles. The van der Waals surface area contributed by atoms with Crippen LogP contribution in [0, 0.1) is 0 Å². The lowest BCUT2D eigenvalue weighted by Crippen LogP contribution is -2.41. The van der Waals surface area contributed by atoms with Crippen molar-refractivity contribution in [2.75, 3.05) is 40.5 Å². The quantitative estimate of drug-likeness (QED) is 0.401. The second-order valence-electron chi connectivity index (χ2n) is 10.9. The maximum atomic E-state index is 11.7. The molecule has 5 heterocycles. The number of amides is 2. The van der Waals surface area contributed by atoms with Crippen molar-refractivity contribution in [1.82, 2.24) is 19.8 Å². The minimum Gasteiger partial charge on any atom is -0.481 e. The molecule has 2 N–H and O–H groups in total. The van der Waals surface area contributed by atoms with Gasteiger partial charge in [-0.1, -0.05) is 12.1 Å². The summed E-state index contributed by atoms with van der Waals surface area (Å²) in [6, 6.07) is 3.46. The zero-order valence-corrected chi connectivity index (χ0v) is 24.7. The summed E-state index contributed by atoms with van der Waals surface area (Å²) in [6.45, 7) is 10.5. The average molecular weight is 586 g/mol. The highest BCUT2D eigenvalue weighted by atomic mass is 16.7. The van der Waals surface area contributed by atoms with Crippen LogP contribution in [-0.2, 0) is 31.9 Å². The number of pyridine rings is 2. The van der Waals surface area contributed by atoms with Crippen molar-refractivity contribution in [3.63, 3.8) is 0 Å². The minimum absolute atomic E-state index is 0.248. The first-order valence-electron chi connectivity index (χ1n) is 13.5. The number of aromatic nitrogens is 2. The van der Waals surface area contributed by atoms with E-state index in [0.717, 1.165) is 11.0 Å². The van der Waals surface area contributed by atoms with Crippen molar-refractivity contribution in [3.05, 3.63) is 35.7 Å². The van der Waals surface area contributed by atoms with Gasteiger partial charge in [-0.05, 0) is 27.7 Å². The Bertz CT molecular complexity index is 1280. The Morgan fingerprint density at radius 3 is 1.76 bits per heavy atom. The molecule has 0 spiro atoms. The number of hydrogen-bond donors (Lipinski definition) is 2. The second kappa shape index (κ2) is 12.7. The maximum absolute atomic E-state index is 11.7. The van der Waals surface area contributed by atoms with Crippen LogP contribution in [0.2, 0.25) is 0 Å². The number of ether oxygens (including phenoxy) is 4. The van der Waals surface area contributed by atoms with Crippen molar-refractivity contribution in [2.45, 2.75) is 52.0 Å². The molecule has 0 aromatic carbocycles. The second-order valence-corrected chi connectivity index (χ2v) is 10.9. The van der Waals surface area contributed by atoms with Crippen LogP contribution in [0.25, 0.3) is 0 Å². The van der Waals surface area contributed by atoms with Gasteiger partial charge >= 0.3 is 26.4 Å². The molecule has 0 atom stereocenters. The highest BCUT2D eigenvalue weighted by Crippen LogP contribution is 2.36. The number of carbonyl (C=O) groups excluding carboxylic acids is 2. The summed E-state index contributed by atoms with van der Waals surface area (Å²) >= 11 is 0. The van der Waals surface area contributed by atoms with Crippen LogP contribution in [0.15, 0.2) is 24.5 Å². The predicted molar refractivity (Wildman–Crippen MR) is 151 cm³/mol. The molecule has 0 aliphatic carbocycles. The molecule has 226 valence electrons. The summed E-state index contributed by atoms with van der Waals surface area (Å²) in [5.41, 5.74) is 1.61. The first kappa shape index (κ1) is 31.3. The van der Waals surface area contributed by atoms with E-state index >= 15 is 0 Å². The molecule has 2 aromatic heterocycles. The Kier molecular flexibility index (Phi) is 9.50. The molecular weight excluding hydrogens is 550 g/mol. The third kappa shape index (κ3) is 6.89. The summed E-state index contributed by atoms with van der Waals surface area (Å²) in [7, 11) is 0.913. The Hall–Kier alpha value is -3.59. The van der Waals surface area contributed by atoms with Crippen molar-refractivity contribution in [1.29, 1.82) is 0 Å². The van der Waals surface area contributed by atoms with Gasteiger partial charge in [-0.25, -0.2) is 19.6 Å². The smallest absolute Gasteiger partial charge is 0.481 e. The Labute approximate surface area is 245 Å². The van der Waals surface area contributed by atoms with Gasteiger partial charge in [0, 0.05) is 34.4 Å². The predicted octanol–water partition coefficient (Wildman–Crippen LogP) is 0.0638. The van der Waals surface area contributed by atoms with Gasteiger partial charge in [0.1, 0.15) is 13.2 Å². The summed E-state index contributed by atoms with van der Waals surface area (Å²) < 4.78 is 32.3. The molecule has 0 unspecified atom stereocenters. The summed E-state index contributed by atoms with van der Waals surface area (Å²) in [5, 5.41) is 18.2. The van der Waals surface area contributed by atoms with Gasteiger partial charge < -0.3 is 48.1 Å². The number of hydrogen-bond acceptors (Lipinski definition) is 12. The molecule has 0 radical (unpaired) electrons. The fourth-order valence-corrected chi connectivity index (χ4v) is 4.43. The van der Waals surface area contributed by atoms with Crippen LogP contribution in [0.5, 0.6) is 11.8 Å². The zero-order valence-electron chi connectivity index (χ0n) is 24.7. The normalized spacial score (nSPS) is 18.8. The molecule has 5 rings (SSSR count). The minimum atomic E-state index is -1.60. The average Bonchev–Trinajstić information content (AvgIpc) is 3.60. The largest absolute Gasteiger partial charge is 0.496 e. The lowest BCUT2D eigenvalue weighted by molar-refractivity contribution is 0.00578. The number of cyclic esters (lactones) is 2. The Morgan fingerprint density at radius 1 is 0.857 bits per heavy atom. The Morgan fingerprint density at radius 2 is 1.33 bits per heavy atom. The SMILES string of the molecule is COc1ncc(B(O)O)cc1CN1CCOC1=O.COc1ncc(B2OC(C)(C)C(C)(C)O2)cc1CN1CCOC1=O. The first-order valence-corrected chi connectivity index (χ1v) is 13.5. The van der Waals surface area contributed by atoms with E-state index in [1.165, 1.54) is 18.2 Å². The molecule has 3 fully saturated rings. The molecule has 3 aliphatic heterocycles. The van der Waals surface area contributed by atoms with Crippen molar-refractivity contribution in [2.24, 2.45) is 0 Å². The van der Waals surface area contributed by atoms with Gasteiger partial charge in [-0.3, -0.25) is 0 Å². The van der Waals surface area contributed by atoms with E-state index in [1.807, 2.05) is 33.8 Å². The van der Waals surface area contributed by atoms with E-state index in [4.69, 9.17) is 38.3 Å². The van der Waals surface area contributed by atoms with E-state index in [0.29, 0.717) is 50.2 Å². The molecule has 14 nitrogen and oxygen atoms in total. The van der Waals surface area contributed by atoms with Gasteiger partial charge in [0.15, 0.2) is 0 Å². The van der Waals surface area contributed by atoms with E-state index in [1.54, 1.807) is 24.3 Å². The van der Waals surface area contributed by atoms with Gasteiger partial charge in [0.2, 0.25) is 11.8 Å². The molecule has 3 aliphatic rings. The maximum Gasteiger partial charge on any atom is 0.496 e. The molecule has 42 heavy (non-hydrogen) atoms. The lowest BCUT2D eigenvalue weighted by Gasteiger charge is -2.32. The van der Waals surface area contributed by atoms with Gasteiger partial charge in [-0.2, -0.15) is 0 Å². The van der Waals surface area contributed by atoms with E-state index in [-0.39, 0.29) is 18.1 Å². The summed E-state index contributed by atoms with van der Waals surface area (Å²) in [5.74, 6) is 0.828. The van der Waals surface area contributed by atoms with Crippen LogP contribution in [0.4, 0.5) is 9.59 Å². The van der Waals surface area contributed by atoms with E-state index in [9.17, 15) is 9.59 Å². The number of carbonyl (C=O) groups is 2. The van der Waals surface area contributed by atoms with Crippen LogP contribution < -0.4 is 20.4 Å². The highest BCUT2D eigenvalue weighted by Gasteiger charge is 2.52. The summed E-state index contributed by atoms with van der Waals surface area (Å²) in [4.78, 5) is 34.4. The lowest BCUT2D eigenvalue weighted by atomic mass is 9.79. The number of rotatable bonds is 8. The molecule has 0 bridgehead atoms. The highest BCUT2D eigenvalue weighted by molar-refractivity contribution is 6.62. The number of methoxy groups -OCH3 is 2. The van der Waals surface area contributed by atoms with E-state index < -0.39 is 31.5 Å². The van der Waals surface area contributed by atoms with Gasteiger partial charge in [-0.15, -0.1) is 0 Å². The molecule has 0 saturated carbocycles. The van der Waals surface area contributed by atoms with Crippen molar-refractivity contribution in [3.8, 4) is 11.8 Å². The van der Waals surface area contributed by atoms with Crippen LogP contribution >= 0.6 is 0 Å². The fourth-order valence-electron chi connectivity index (χ4n) is 4.43. The fraction of sp³-hybridized carbons (Fsp3) is 0.538. The molecular formula is C26H36B2N4O10. The van der Waals surface area contributed by atoms with Crippen LogP contribution in [0.1, 0.15) is 38.8 Å². The third-order valence-electron chi connectivity index (χ3n) is 7.52. The van der Waals surface area contributed by atoms with Crippen molar-refractivity contribution < 1.29 is 47.9 Å². The number of nitrogens with zero attached hydrogens (tertiary/aromatic N) is 4. The van der Waals surface area contributed by atoms with E-state index in [2.05, 4.69) is 9.97 Å². The third-order valence-corrected chi connectivity index (χ3v) is 7.52. The summed E-state index contributed by atoms with van der Waals surface area (Å²) in [6.07, 6.45) is 2.28.